The van der Waals surface area contributed by atoms with Crippen LogP contribution in [0.4, 0.5) is 0 Å². The van der Waals surface area contributed by atoms with Gasteiger partial charge >= 0.3 is 0 Å². The summed E-state index contributed by atoms with van der Waals surface area (Å²) in [7, 11) is 0. The molecule has 144 valence electrons. The molecule has 3 heterocycles. The Kier molecular flexibility index (Phi) is 5.43. The lowest BCUT2D eigenvalue weighted by molar-refractivity contribution is 0.580. The first kappa shape index (κ1) is 18.7. The van der Waals surface area contributed by atoms with Crippen LogP contribution < -0.4 is 10.7 Å². The van der Waals surface area contributed by atoms with E-state index < -0.39 is 0 Å². The van der Waals surface area contributed by atoms with Crippen molar-refractivity contribution in [2.45, 2.75) is 46.0 Å². The Labute approximate surface area is 167 Å². The molecule has 0 spiro atoms. The van der Waals surface area contributed by atoms with E-state index in [0.29, 0.717) is 5.92 Å². The largest absolute Gasteiger partial charge is 0.346 e. The van der Waals surface area contributed by atoms with Gasteiger partial charge in [-0.15, -0.1) is 0 Å². The van der Waals surface area contributed by atoms with E-state index in [0.717, 1.165) is 61.0 Å². The second-order valence-electron chi connectivity index (χ2n) is 7.89. The van der Waals surface area contributed by atoms with E-state index in [1.807, 2.05) is 6.20 Å². The predicted octanol–water partition coefficient (Wildman–Crippen LogP) is 4.53. The maximum Gasteiger partial charge on any atom is 0.132 e. The molecular weight excluding hydrogens is 342 g/mol. The highest BCUT2D eigenvalue weighted by molar-refractivity contribution is 6.23. The fourth-order valence-electron chi connectivity index (χ4n) is 4.15. The van der Waals surface area contributed by atoms with Gasteiger partial charge in [0.05, 0.1) is 0 Å². The number of aliphatic imine (C=N–C) groups is 1. The molecule has 0 bridgehead atoms. The van der Waals surface area contributed by atoms with Crippen molar-refractivity contribution in [3.63, 3.8) is 0 Å². The average molecular weight is 372 g/mol. The standard InChI is InChI=1S/C25H29N3/c1-4-20-14-24(18(3)23-16-28-25-22(23)6-5-13-26-25)27-15-21(20)12-11-19-9-7-17(2)8-10-19/h6-10,15-16,20H,3-5,11-14H2,1-2H3,(H,26,28). The van der Waals surface area contributed by atoms with E-state index in [-0.39, 0.29) is 0 Å². The minimum Gasteiger partial charge on any atom is -0.346 e. The Bertz CT molecular complexity index is 1050. The second-order valence-corrected chi connectivity index (χ2v) is 7.89. The fraction of sp³-hybridized carbons (Fsp3) is 0.360. The molecule has 1 N–H and O–H groups in total. The third-order valence-electron chi connectivity index (χ3n) is 5.99. The fourth-order valence-corrected chi connectivity index (χ4v) is 4.15. The summed E-state index contributed by atoms with van der Waals surface area (Å²) in [5.41, 5.74) is 8.49. The van der Waals surface area contributed by atoms with Gasteiger partial charge in [-0.3, -0.25) is 9.98 Å². The van der Waals surface area contributed by atoms with Gasteiger partial charge in [0.1, 0.15) is 5.49 Å². The zero-order valence-corrected chi connectivity index (χ0v) is 17.0. The summed E-state index contributed by atoms with van der Waals surface area (Å²) >= 11 is 0. The minimum absolute atomic E-state index is 0.554. The Morgan fingerprint density at radius 2 is 2.04 bits per heavy atom. The van der Waals surface area contributed by atoms with Gasteiger partial charge in [0, 0.05) is 35.4 Å². The van der Waals surface area contributed by atoms with Gasteiger partial charge in [-0.25, -0.2) is 0 Å². The van der Waals surface area contributed by atoms with E-state index in [1.54, 1.807) is 0 Å². The van der Waals surface area contributed by atoms with Crippen LogP contribution in [0.2, 0.25) is 0 Å². The molecule has 2 aliphatic rings. The van der Waals surface area contributed by atoms with Crippen LogP contribution in [0.15, 0.2) is 58.8 Å². The molecule has 3 heteroatoms. The Morgan fingerprint density at radius 1 is 1.21 bits per heavy atom. The van der Waals surface area contributed by atoms with Crippen molar-refractivity contribution in [3.8, 4) is 0 Å². The molecule has 0 amide bonds. The molecule has 0 saturated heterocycles. The van der Waals surface area contributed by atoms with Gasteiger partial charge < -0.3 is 4.98 Å². The van der Waals surface area contributed by atoms with Crippen molar-refractivity contribution < 1.29 is 0 Å². The third kappa shape index (κ3) is 3.80. The number of fused-ring (bicyclic) bond motifs is 1. The van der Waals surface area contributed by atoms with Gasteiger partial charge in [0.25, 0.3) is 0 Å². The summed E-state index contributed by atoms with van der Waals surface area (Å²) < 4.78 is 0. The summed E-state index contributed by atoms with van der Waals surface area (Å²) in [6, 6.07) is 8.88. The van der Waals surface area contributed by atoms with Gasteiger partial charge in [0.2, 0.25) is 0 Å². The van der Waals surface area contributed by atoms with Crippen molar-refractivity contribution in [1.29, 1.82) is 0 Å². The van der Waals surface area contributed by atoms with E-state index >= 15 is 0 Å². The molecular formula is C25H29N3. The Balaban J connectivity index is 1.53. The first-order chi connectivity index (χ1) is 13.7. The number of rotatable bonds is 6. The molecule has 1 aromatic carbocycles. The maximum absolute atomic E-state index is 4.84. The molecule has 3 nitrogen and oxygen atoms in total. The maximum atomic E-state index is 4.84. The zero-order valence-electron chi connectivity index (χ0n) is 17.0. The zero-order chi connectivity index (χ0) is 19.5. The van der Waals surface area contributed by atoms with Crippen LogP contribution in [0.25, 0.3) is 11.6 Å². The third-order valence-corrected chi connectivity index (χ3v) is 5.99. The molecule has 2 aliphatic heterocycles. The van der Waals surface area contributed by atoms with Crippen LogP contribution in [0, 0.1) is 12.8 Å². The number of nitrogens with one attached hydrogen (secondary N) is 1. The van der Waals surface area contributed by atoms with Crippen molar-refractivity contribution >= 4 is 17.4 Å². The van der Waals surface area contributed by atoms with Crippen molar-refractivity contribution in [2.75, 3.05) is 6.54 Å². The van der Waals surface area contributed by atoms with Gasteiger partial charge in [-0.2, -0.15) is 0 Å². The van der Waals surface area contributed by atoms with Crippen LogP contribution >= 0.6 is 0 Å². The van der Waals surface area contributed by atoms with E-state index in [4.69, 9.17) is 4.99 Å². The van der Waals surface area contributed by atoms with E-state index in [1.165, 1.54) is 21.9 Å². The normalized spacial score (nSPS) is 18.4. The number of nitrogens with zero attached hydrogens (tertiary/aromatic N) is 2. The first-order valence-electron chi connectivity index (χ1n) is 10.4. The lowest BCUT2D eigenvalue weighted by Crippen LogP contribution is -2.29. The molecule has 0 radical (unpaired) electrons. The van der Waals surface area contributed by atoms with Gasteiger partial charge in [-0.05, 0) is 61.7 Å². The molecule has 0 fully saturated rings. The molecule has 28 heavy (non-hydrogen) atoms. The highest BCUT2D eigenvalue weighted by atomic mass is 14.8. The lowest BCUT2D eigenvalue weighted by Gasteiger charge is -2.24. The molecule has 0 aliphatic carbocycles. The summed E-state index contributed by atoms with van der Waals surface area (Å²) in [6.45, 7) is 9.66. The Hall–Kier alpha value is -2.68. The van der Waals surface area contributed by atoms with Crippen LogP contribution in [-0.2, 0) is 6.42 Å². The topological polar surface area (TPSA) is 40.5 Å². The SMILES string of the molecule is C=C(C1=NC=C(CCc2ccc(C)cc2)C(CC)C1)c1c[nH]c2c1=CCCN=2. The molecule has 1 aromatic heterocycles. The number of aryl methyl sites for hydroxylation is 2. The minimum atomic E-state index is 0.554. The number of hydrogen-bond donors (Lipinski definition) is 1. The van der Waals surface area contributed by atoms with Crippen molar-refractivity contribution in [2.24, 2.45) is 15.9 Å². The quantitative estimate of drug-likeness (QED) is 0.775. The summed E-state index contributed by atoms with van der Waals surface area (Å²) in [6.07, 6.45) is 11.7. The Morgan fingerprint density at radius 3 is 2.82 bits per heavy atom. The average Bonchev–Trinajstić information content (AvgIpc) is 3.17. The molecule has 0 saturated carbocycles. The highest BCUT2D eigenvalue weighted by Gasteiger charge is 2.22. The van der Waals surface area contributed by atoms with E-state index in [2.05, 4.69) is 66.9 Å². The number of aromatic amines is 1. The number of hydrogen-bond acceptors (Lipinski definition) is 2. The smallest absolute Gasteiger partial charge is 0.132 e. The number of aromatic nitrogens is 1. The summed E-state index contributed by atoms with van der Waals surface area (Å²) in [5, 5.41) is 1.20. The van der Waals surface area contributed by atoms with Crippen molar-refractivity contribution in [1.82, 2.24) is 4.98 Å². The predicted molar refractivity (Wildman–Crippen MR) is 118 cm³/mol. The second kappa shape index (κ2) is 8.14. The summed E-state index contributed by atoms with van der Waals surface area (Å²) in [5.74, 6) is 0.554. The van der Waals surface area contributed by atoms with Crippen LogP contribution in [0.1, 0.15) is 49.3 Å². The van der Waals surface area contributed by atoms with Crippen LogP contribution in [0.5, 0.6) is 0 Å². The lowest BCUT2D eigenvalue weighted by atomic mass is 9.84. The van der Waals surface area contributed by atoms with Crippen LogP contribution in [-0.4, -0.2) is 17.2 Å². The monoisotopic (exact) mass is 371 g/mol. The van der Waals surface area contributed by atoms with Gasteiger partial charge in [-0.1, -0.05) is 49.4 Å². The van der Waals surface area contributed by atoms with Crippen molar-refractivity contribution in [3.05, 3.63) is 76.2 Å². The molecule has 1 unspecified atom stereocenters. The molecule has 2 aromatic rings. The summed E-state index contributed by atoms with van der Waals surface area (Å²) in [4.78, 5) is 12.7. The molecule has 1 atom stereocenters. The van der Waals surface area contributed by atoms with Crippen LogP contribution in [0.3, 0.4) is 0 Å². The molecule has 4 rings (SSSR count). The number of benzene rings is 1. The first-order valence-corrected chi connectivity index (χ1v) is 10.4. The van der Waals surface area contributed by atoms with Gasteiger partial charge in [0.15, 0.2) is 0 Å². The highest BCUT2D eigenvalue weighted by Crippen LogP contribution is 2.30. The number of allylic oxidation sites excluding steroid dienone is 2. The van der Waals surface area contributed by atoms with E-state index in [9.17, 15) is 0 Å². The number of H-pyrrole nitrogens is 1.